The molecule has 5 nitrogen and oxygen atoms in total. The Labute approximate surface area is 145 Å². The topological polar surface area (TPSA) is 67.4 Å². The van der Waals surface area contributed by atoms with E-state index in [-0.39, 0.29) is 23.8 Å². The van der Waals surface area contributed by atoms with Crippen LogP contribution in [0.1, 0.15) is 18.4 Å². The van der Waals surface area contributed by atoms with Gasteiger partial charge in [0, 0.05) is 13.7 Å². The number of rotatable bonds is 6. The second kappa shape index (κ2) is 8.01. The molecule has 0 amide bonds. The van der Waals surface area contributed by atoms with E-state index in [9.17, 15) is 21.6 Å². The van der Waals surface area contributed by atoms with Gasteiger partial charge in [0.15, 0.2) is 0 Å². The van der Waals surface area contributed by atoms with E-state index in [1.165, 1.54) is 7.11 Å². The molecule has 24 heavy (non-hydrogen) atoms. The van der Waals surface area contributed by atoms with Gasteiger partial charge in [0.05, 0.1) is 22.6 Å². The van der Waals surface area contributed by atoms with E-state index in [4.69, 9.17) is 4.74 Å². The van der Waals surface area contributed by atoms with Crippen molar-refractivity contribution in [2.24, 2.45) is 0 Å². The Bertz CT molecular complexity index is 630. The summed E-state index contributed by atoms with van der Waals surface area (Å²) in [7, 11) is -2.35. The summed E-state index contributed by atoms with van der Waals surface area (Å²) < 4.78 is 69.6. The number of hydrogen-bond acceptors (Lipinski definition) is 4. The molecule has 1 aromatic rings. The normalized spacial score (nSPS) is 21.5. The molecule has 1 atom stereocenters. The summed E-state index contributed by atoms with van der Waals surface area (Å²) >= 11 is 0. The molecular formula is C14H20ClF3N2O3S. The lowest BCUT2D eigenvalue weighted by molar-refractivity contribution is -0.137. The number of methoxy groups -OCH3 is 1. The van der Waals surface area contributed by atoms with Crippen molar-refractivity contribution >= 4 is 22.4 Å². The summed E-state index contributed by atoms with van der Waals surface area (Å²) in [5, 5.41) is 3.22. The Morgan fingerprint density at radius 2 is 1.92 bits per heavy atom. The number of sulfonamides is 1. The first kappa shape index (κ1) is 21.2. The van der Waals surface area contributed by atoms with Crippen LogP contribution >= 0.6 is 12.4 Å². The predicted molar refractivity (Wildman–Crippen MR) is 85.7 cm³/mol. The fourth-order valence-corrected chi connectivity index (χ4v) is 3.74. The molecule has 0 saturated carbocycles. The summed E-state index contributed by atoms with van der Waals surface area (Å²) in [6.07, 6.45) is -2.83. The first-order chi connectivity index (χ1) is 10.7. The van der Waals surface area contributed by atoms with Crippen LogP contribution in [0.15, 0.2) is 29.2 Å². The molecular weight excluding hydrogens is 369 g/mol. The van der Waals surface area contributed by atoms with E-state index in [1.807, 2.05) is 0 Å². The van der Waals surface area contributed by atoms with Crippen LogP contribution in [-0.4, -0.2) is 40.8 Å². The first-order valence-corrected chi connectivity index (χ1v) is 8.58. The van der Waals surface area contributed by atoms with Gasteiger partial charge in [0.2, 0.25) is 10.0 Å². The fraction of sp³-hybridized carbons (Fsp3) is 0.571. The van der Waals surface area contributed by atoms with Crippen LogP contribution in [-0.2, 0) is 20.9 Å². The maximum atomic E-state index is 12.5. The third kappa shape index (κ3) is 5.06. The predicted octanol–water partition coefficient (Wildman–Crippen LogP) is 2.17. The van der Waals surface area contributed by atoms with Crippen molar-refractivity contribution in [3.8, 4) is 0 Å². The third-order valence-electron chi connectivity index (χ3n) is 3.85. The number of ether oxygens (including phenoxy) is 1. The molecule has 2 rings (SSSR count). The zero-order chi connectivity index (χ0) is 17.1. The molecule has 0 aromatic heterocycles. The third-order valence-corrected chi connectivity index (χ3v) is 5.26. The van der Waals surface area contributed by atoms with Crippen molar-refractivity contribution < 1.29 is 26.3 Å². The van der Waals surface area contributed by atoms with Crippen molar-refractivity contribution in [2.45, 2.75) is 29.5 Å². The number of hydrogen-bond donors (Lipinski definition) is 2. The smallest absolute Gasteiger partial charge is 0.383 e. The Kier molecular flexibility index (Phi) is 7.06. The molecule has 0 aliphatic carbocycles. The van der Waals surface area contributed by atoms with Gasteiger partial charge in [0.1, 0.15) is 0 Å². The second-order valence-corrected chi connectivity index (χ2v) is 7.36. The fourth-order valence-electron chi connectivity index (χ4n) is 2.61. The highest BCUT2D eigenvalue weighted by Gasteiger charge is 2.35. The van der Waals surface area contributed by atoms with E-state index in [0.29, 0.717) is 6.61 Å². The van der Waals surface area contributed by atoms with Crippen LogP contribution in [0.2, 0.25) is 0 Å². The molecule has 0 bridgehead atoms. The number of halogens is 4. The zero-order valence-corrected chi connectivity index (χ0v) is 14.7. The Morgan fingerprint density at radius 1 is 1.29 bits per heavy atom. The first-order valence-electron chi connectivity index (χ1n) is 7.09. The SMILES string of the molecule is COCC1(CNS(=O)(=O)c2ccc(C(F)(F)F)cc2)CCCN1.Cl. The number of alkyl halides is 3. The Hall–Kier alpha value is -0.870. The average molecular weight is 389 g/mol. The summed E-state index contributed by atoms with van der Waals surface area (Å²) in [6, 6.07) is 3.42. The van der Waals surface area contributed by atoms with Gasteiger partial charge in [-0.3, -0.25) is 0 Å². The van der Waals surface area contributed by atoms with E-state index in [1.54, 1.807) is 0 Å². The lowest BCUT2D eigenvalue weighted by Crippen LogP contribution is -2.52. The molecule has 1 heterocycles. The largest absolute Gasteiger partial charge is 0.416 e. The Balaban J connectivity index is 0.00000288. The van der Waals surface area contributed by atoms with Crippen LogP contribution in [0.5, 0.6) is 0 Å². The maximum absolute atomic E-state index is 12.5. The minimum atomic E-state index is -4.49. The minimum Gasteiger partial charge on any atom is -0.383 e. The lowest BCUT2D eigenvalue weighted by Gasteiger charge is -2.28. The van der Waals surface area contributed by atoms with Gasteiger partial charge in [-0.05, 0) is 43.7 Å². The van der Waals surface area contributed by atoms with E-state index >= 15 is 0 Å². The summed E-state index contributed by atoms with van der Waals surface area (Å²) in [5.74, 6) is 0. The van der Waals surface area contributed by atoms with E-state index in [2.05, 4.69) is 10.0 Å². The average Bonchev–Trinajstić information content (AvgIpc) is 2.94. The quantitative estimate of drug-likeness (QED) is 0.783. The molecule has 10 heteroatoms. The van der Waals surface area contributed by atoms with Crippen molar-refractivity contribution in [3.63, 3.8) is 0 Å². The molecule has 1 fully saturated rings. The monoisotopic (exact) mass is 388 g/mol. The summed E-state index contributed by atoms with van der Waals surface area (Å²) in [6.45, 7) is 1.23. The van der Waals surface area contributed by atoms with Gasteiger partial charge in [-0.2, -0.15) is 13.2 Å². The van der Waals surface area contributed by atoms with Crippen LogP contribution < -0.4 is 10.0 Å². The molecule has 0 radical (unpaired) electrons. The van der Waals surface area contributed by atoms with E-state index in [0.717, 1.165) is 43.7 Å². The van der Waals surface area contributed by atoms with Crippen molar-refractivity contribution in [1.29, 1.82) is 0 Å². The highest BCUT2D eigenvalue weighted by atomic mass is 35.5. The standard InChI is InChI=1S/C14H19F3N2O3S.ClH/c1-22-10-13(7-2-8-18-13)9-19-23(20,21)12-5-3-11(4-6-12)14(15,16)17;/h3-6,18-19H,2,7-10H2,1H3;1H. The van der Waals surface area contributed by atoms with Gasteiger partial charge in [-0.1, -0.05) is 0 Å². The molecule has 1 aliphatic rings. The van der Waals surface area contributed by atoms with Gasteiger partial charge in [-0.25, -0.2) is 13.1 Å². The molecule has 1 aromatic carbocycles. The zero-order valence-electron chi connectivity index (χ0n) is 13.0. The van der Waals surface area contributed by atoms with Gasteiger partial charge in [0.25, 0.3) is 0 Å². The van der Waals surface area contributed by atoms with Crippen molar-refractivity contribution in [1.82, 2.24) is 10.0 Å². The molecule has 0 spiro atoms. The Morgan fingerprint density at radius 3 is 2.38 bits per heavy atom. The summed E-state index contributed by atoms with van der Waals surface area (Å²) in [5.41, 5.74) is -1.36. The molecule has 1 saturated heterocycles. The summed E-state index contributed by atoms with van der Waals surface area (Å²) in [4.78, 5) is -0.198. The van der Waals surface area contributed by atoms with Crippen molar-refractivity contribution in [3.05, 3.63) is 29.8 Å². The molecule has 1 aliphatic heterocycles. The van der Waals surface area contributed by atoms with Crippen LogP contribution in [0.4, 0.5) is 13.2 Å². The lowest BCUT2D eigenvalue weighted by atomic mass is 9.99. The number of nitrogens with one attached hydrogen (secondary N) is 2. The van der Waals surface area contributed by atoms with Crippen molar-refractivity contribution in [2.75, 3.05) is 26.8 Å². The second-order valence-electron chi connectivity index (χ2n) is 5.59. The molecule has 1 unspecified atom stereocenters. The van der Waals surface area contributed by atoms with Crippen LogP contribution in [0.25, 0.3) is 0 Å². The highest BCUT2D eigenvalue weighted by molar-refractivity contribution is 7.89. The van der Waals surface area contributed by atoms with Gasteiger partial charge in [-0.15, -0.1) is 12.4 Å². The highest BCUT2D eigenvalue weighted by Crippen LogP contribution is 2.29. The molecule has 2 N–H and O–H groups in total. The minimum absolute atomic E-state index is 0. The van der Waals surface area contributed by atoms with Crippen LogP contribution in [0.3, 0.4) is 0 Å². The maximum Gasteiger partial charge on any atom is 0.416 e. The van der Waals surface area contributed by atoms with Crippen LogP contribution in [0, 0.1) is 0 Å². The van der Waals surface area contributed by atoms with Gasteiger partial charge >= 0.3 is 6.18 Å². The van der Waals surface area contributed by atoms with Gasteiger partial charge < -0.3 is 10.1 Å². The molecule has 138 valence electrons. The van der Waals surface area contributed by atoms with E-state index < -0.39 is 27.3 Å². The number of benzene rings is 1.